The van der Waals surface area contributed by atoms with Crippen LogP contribution in [0.4, 0.5) is 0 Å². The van der Waals surface area contributed by atoms with Gasteiger partial charge < -0.3 is 4.74 Å². The highest BCUT2D eigenvalue weighted by atomic mass is 16.5. The lowest BCUT2D eigenvalue weighted by molar-refractivity contribution is 0.101. The fourth-order valence-corrected chi connectivity index (χ4v) is 1.98. The third kappa shape index (κ3) is 3.23. The van der Waals surface area contributed by atoms with Crippen LogP contribution in [0.1, 0.15) is 42.0 Å². The maximum absolute atomic E-state index is 11.6. The summed E-state index contributed by atoms with van der Waals surface area (Å²) in [6, 6.07) is 5.57. The highest BCUT2D eigenvalue weighted by Gasteiger charge is 2.11. The number of hydrogen-bond donors (Lipinski definition) is 0. The topological polar surface area (TPSA) is 57.0 Å². The molecule has 0 atom stereocenters. The molecule has 0 radical (unpaired) electrons. The minimum atomic E-state index is -0.00461. The molecule has 0 aliphatic heterocycles. The lowest BCUT2D eigenvalue weighted by atomic mass is 10.1. The molecule has 2 aromatic rings. The van der Waals surface area contributed by atoms with E-state index in [1.54, 1.807) is 6.07 Å². The first-order valence-corrected chi connectivity index (χ1v) is 6.73. The average Bonchev–Trinajstić information content (AvgIpc) is 2.84. The smallest absolute Gasteiger partial charge is 0.164 e. The van der Waals surface area contributed by atoms with E-state index in [0.29, 0.717) is 17.9 Å². The third-order valence-electron chi connectivity index (χ3n) is 3.00. The van der Waals surface area contributed by atoms with Crippen molar-refractivity contribution in [3.8, 4) is 5.75 Å². The second-order valence-electron chi connectivity index (χ2n) is 4.74. The van der Waals surface area contributed by atoms with E-state index in [0.717, 1.165) is 24.4 Å². The summed E-state index contributed by atoms with van der Waals surface area (Å²) in [4.78, 5) is 15.8. The zero-order valence-electron chi connectivity index (χ0n) is 12.1. The quantitative estimate of drug-likeness (QED) is 0.759. The van der Waals surface area contributed by atoms with Crippen LogP contribution in [0.5, 0.6) is 5.75 Å². The second-order valence-corrected chi connectivity index (χ2v) is 4.74. The van der Waals surface area contributed by atoms with Gasteiger partial charge in [0.1, 0.15) is 18.7 Å². The molecule has 0 saturated carbocycles. The van der Waals surface area contributed by atoms with Gasteiger partial charge >= 0.3 is 0 Å². The van der Waals surface area contributed by atoms with Gasteiger partial charge in [-0.15, -0.1) is 0 Å². The van der Waals surface area contributed by atoms with Crippen molar-refractivity contribution >= 4 is 5.78 Å². The van der Waals surface area contributed by atoms with Gasteiger partial charge in [0.15, 0.2) is 11.6 Å². The van der Waals surface area contributed by atoms with Crippen LogP contribution in [0.2, 0.25) is 0 Å². The molecular weight excluding hydrogens is 254 g/mol. The van der Waals surface area contributed by atoms with Crippen LogP contribution in [-0.2, 0) is 13.2 Å². The summed E-state index contributed by atoms with van der Waals surface area (Å²) in [7, 11) is 0. The summed E-state index contributed by atoms with van der Waals surface area (Å²) >= 11 is 0. The first kappa shape index (κ1) is 14.2. The van der Waals surface area contributed by atoms with Gasteiger partial charge in [-0.25, -0.2) is 9.67 Å². The number of rotatable bonds is 6. The second kappa shape index (κ2) is 6.32. The predicted octanol–water partition coefficient (Wildman–Crippen LogP) is 2.78. The fourth-order valence-electron chi connectivity index (χ4n) is 1.98. The average molecular weight is 273 g/mol. The minimum Gasteiger partial charge on any atom is -0.485 e. The number of carbonyl (C=O) groups excluding carboxylic acids is 1. The molecular formula is C15H19N3O2. The summed E-state index contributed by atoms with van der Waals surface area (Å²) < 4.78 is 7.59. The van der Waals surface area contributed by atoms with E-state index in [-0.39, 0.29) is 5.78 Å². The van der Waals surface area contributed by atoms with Crippen LogP contribution in [0, 0.1) is 6.92 Å². The van der Waals surface area contributed by atoms with Crippen molar-refractivity contribution in [3.63, 3.8) is 0 Å². The number of ketones is 1. The minimum absolute atomic E-state index is 0.00461. The molecule has 1 aromatic carbocycles. The van der Waals surface area contributed by atoms with Crippen LogP contribution >= 0.6 is 0 Å². The van der Waals surface area contributed by atoms with Crippen LogP contribution < -0.4 is 4.74 Å². The lowest BCUT2D eigenvalue weighted by Crippen LogP contribution is -2.09. The Balaban J connectivity index is 2.16. The molecule has 5 nitrogen and oxygen atoms in total. The number of ether oxygens (including phenoxy) is 1. The van der Waals surface area contributed by atoms with Crippen LogP contribution in [-0.4, -0.2) is 20.5 Å². The summed E-state index contributed by atoms with van der Waals surface area (Å²) in [5, 5.41) is 4.15. The van der Waals surface area contributed by atoms with E-state index in [1.807, 2.05) is 23.7 Å². The van der Waals surface area contributed by atoms with Gasteiger partial charge in [0.25, 0.3) is 0 Å². The summed E-state index contributed by atoms with van der Waals surface area (Å²) in [5.41, 5.74) is 1.65. The maximum atomic E-state index is 11.6. The van der Waals surface area contributed by atoms with Crippen molar-refractivity contribution in [2.45, 2.75) is 40.3 Å². The molecule has 2 rings (SSSR count). The number of carbonyl (C=O) groups is 1. The number of aryl methyl sites for hydroxylation is 2. The standard InChI is InChI=1S/C15H19N3O2/c1-4-7-18-15(16-10-17-18)9-20-14-8-11(2)5-6-13(14)12(3)19/h5-6,8,10H,4,7,9H2,1-3H3. The molecule has 0 spiro atoms. The number of hydrogen-bond acceptors (Lipinski definition) is 4. The Bertz CT molecular complexity index is 605. The van der Waals surface area contributed by atoms with E-state index in [2.05, 4.69) is 17.0 Å². The van der Waals surface area contributed by atoms with Crippen LogP contribution in [0.3, 0.4) is 0 Å². The summed E-state index contributed by atoms with van der Waals surface area (Å²) in [6.45, 7) is 6.71. The number of aromatic nitrogens is 3. The summed E-state index contributed by atoms with van der Waals surface area (Å²) in [6.07, 6.45) is 2.51. The Morgan fingerprint density at radius 3 is 2.90 bits per heavy atom. The highest BCUT2D eigenvalue weighted by molar-refractivity contribution is 5.96. The predicted molar refractivity (Wildman–Crippen MR) is 75.8 cm³/mol. The lowest BCUT2D eigenvalue weighted by Gasteiger charge is -2.11. The number of nitrogens with zero attached hydrogens (tertiary/aromatic N) is 3. The van der Waals surface area contributed by atoms with E-state index >= 15 is 0 Å². The van der Waals surface area contributed by atoms with Gasteiger partial charge in [0, 0.05) is 6.54 Å². The molecule has 0 N–H and O–H groups in total. The van der Waals surface area contributed by atoms with Crippen molar-refractivity contribution in [2.24, 2.45) is 0 Å². The van der Waals surface area contributed by atoms with Crippen molar-refractivity contribution in [1.82, 2.24) is 14.8 Å². The Kier molecular flexibility index (Phi) is 4.50. The number of Topliss-reactive ketones (excluding diaryl/α,β-unsaturated/α-hetero) is 1. The Morgan fingerprint density at radius 1 is 1.40 bits per heavy atom. The molecule has 0 aliphatic rings. The van der Waals surface area contributed by atoms with E-state index in [9.17, 15) is 4.79 Å². The van der Waals surface area contributed by atoms with Gasteiger partial charge in [0.2, 0.25) is 0 Å². The first-order valence-electron chi connectivity index (χ1n) is 6.73. The van der Waals surface area contributed by atoms with E-state index in [1.165, 1.54) is 13.3 Å². The molecule has 0 saturated heterocycles. The van der Waals surface area contributed by atoms with Gasteiger partial charge in [-0.05, 0) is 38.0 Å². The van der Waals surface area contributed by atoms with Crippen molar-refractivity contribution in [1.29, 1.82) is 0 Å². The molecule has 1 aromatic heterocycles. The van der Waals surface area contributed by atoms with Crippen molar-refractivity contribution in [3.05, 3.63) is 41.5 Å². The summed E-state index contributed by atoms with van der Waals surface area (Å²) in [5.74, 6) is 1.36. The Morgan fingerprint density at radius 2 is 2.20 bits per heavy atom. The molecule has 0 fully saturated rings. The zero-order valence-corrected chi connectivity index (χ0v) is 12.1. The molecule has 0 bridgehead atoms. The fraction of sp³-hybridized carbons (Fsp3) is 0.400. The molecule has 5 heteroatoms. The van der Waals surface area contributed by atoms with Gasteiger partial charge in [-0.2, -0.15) is 5.10 Å². The SMILES string of the molecule is CCCn1ncnc1COc1cc(C)ccc1C(C)=O. The number of benzene rings is 1. The van der Waals surface area contributed by atoms with E-state index < -0.39 is 0 Å². The van der Waals surface area contributed by atoms with Gasteiger partial charge in [0.05, 0.1) is 5.56 Å². The largest absolute Gasteiger partial charge is 0.485 e. The monoisotopic (exact) mass is 273 g/mol. The Labute approximate surface area is 118 Å². The van der Waals surface area contributed by atoms with Crippen molar-refractivity contribution in [2.75, 3.05) is 0 Å². The van der Waals surface area contributed by atoms with Crippen molar-refractivity contribution < 1.29 is 9.53 Å². The molecule has 0 amide bonds. The normalized spacial score (nSPS) is 10.6. The van der Waals surface area contributed by atoms with Crippen LogP contribution in [0.25, 0.3) is 0 Å². The highest BCUT2D eigenvalue weighted by Crippen LogP contribution is 2.21. The molecule has 106 valence electrons. The third-order valence-corrected chi connectivity index (χ3v) is 3.00. The first-order chi connectivity index (χ1) is 9.61. The van der Waals surface area contributed by atoms with Gasteiger partial charge in [-0.1, -0.05) is 13.0 Å². The zero-order chi connectivity index (χ0) is 14.5. The molecule has 0 aliphatic carbocycles. The van der Waals surface area contributed by atoms with Crippen LogP contribution in [0.15, 0.2) is 24.5 Å². The maximum Gasteiger partial charge on any atom is 0.164 e. The van der Waals surface area contributed by atoms with Gasteiger partial charge in [-0.3, -0.25) is 4.79 Å². The molecule has 0 unspecified atom stereocenters. The molecule has 20 heavy (non-hydrogen) atoms. The van der Waals surface area contributed by atoms with E-state index in [4.69, 9.17) is 4.74 Å². The Hall–Kier alpha value is -2.17. The molecule has 1 heterocycles.